The summed E-state index contributed by atoms with van der Waals surface area (Å²) in [7, 11) is 0. The molecule has 0 spiro atoms. The third kappa shape index (κ3) is 5.29. The van der Waals surface area contributed by atoms with Gasteiger partial charge in [-0.05, 0) is 38.2 Å². The van der Waals surface area contributed by atoms with Crippen LogP contribution in [-0.2, 0) is 4.74 Å². The summed E-state index contributed by atoms with van der Waals surface area (Å²) in [6, 6.07) is 11.2. The Morgan fingerprint density at radius 1 is 0.840 bits per heavy atom. The van der Waals surface area contributed by atoms with E-state index in [9.17, 15) is 5.11 Å². The van der Waals surface area contributed by atoms with Crippen LogP contribution < -0.4 is 0 Å². The molecule has 2 saturated carbocycles. The molecule has 2 fully saturated rings. The summed E-state index contributed by atoms with van der Waals surface area (Å²) in [6.07, 6.45) is 13.1. The molecule has 25 heavy (non-hydrogen) atoms. The zero-order valence-corrected chi connectivity index (χ0v) is 15.8. The quantitative estimate of drug-likeness (QED) is 0.553. The van der Waals surface area contributed by atoms with Gasteiger partial charge in [-0.15, -0.1) is 0 Å². The highest BCUT2D eigenvalue weighted by Gasteiger charge is 2.34. The van der Waals surface area contributed by atoms with Crippen LogP contribution in [0.25, 0.3) is 0 Å². The van der Waals surface area contributed by atoms with Crippen LogP contribution in [0.5, 0.6) is 0 Å². The first-order chi connectivity index (χ1) is 12.3. The van der Waals surface area contributed by atoms with Crippen molar-refractivity contribution in [3.05, 3.63) is 35.9 Å². The van der Waals surface area contributed by atoms with E-state index in [4.69, 9.17) is 4.74 Å². The fourth-order valence-electron chi connectivity index (χ4n) is 4.65. The van der Waals surface area contributed by atoms with Gasteiger partial charge in [0, 0.05) is 12.1 Å². The molecule has 3 nitrogen and oxygen atoms in total. The smallest absolute Gasteiger partial charge is 0.217 e. The summed E-state index contributed by atoms with van der Waals surface area (Å²) < 4.78 is 6.13. The first-order valence-electron chi connectivity index (χ1n) is 10.4. The number of hydrogen-bond acceptors (Lipinski definition) is 3. The van der Waals surface area contributed by atoms with Crippen molar-refractivity contribution in [3.63, 3.8) is 0 Å². The van der Waals surface area contributed by atoms with Crippen LogP contribution in [-0.4, -0.2) is 28.5 Å². The number of nitrogens with zero attached hydrogens (tertiary/aromatic N) is 1. The molecule has 0 bridgehead atoms. The van der Waals surface area contributed by atoms with Crippen molar-refractivity contribution in [1.82, 2.24) is 4.90 Å². The van der Waals surface area contributed by atoms with E-state index in [2.05, 4.69) is 17.0 Å². The molecule has 0 aromatic heterocycles. The number of rotatable bonds is 6. The van der Waals surface area contributed by atoms with Crippen molar-refractivity contribution in [3.8, 4) is 0 Å². The molecule has 1 aromatic rings. The highest BCUT2D eigenvalue weighted by Crippen LogP contribution is 2.32. The van der Waals surface area contributed by atoms with E-state index in [-0.39, 0.29) is 6.10 Å². The van der Waals surface area contributed by atoms with Gasteiger partial charge in [0.1, 0.15) is 0 Å². The van der Waals surface area contributed by atoms with E-state index >= 15 is 0 Å². The van der Waals surface area contributed by atoms with Crippen LogP contribution in [0.4, 0.5) is 0 Å². The van der Waals surface area contributed by atoms with Crippen molar-refractivity contribution in [2.24, 2.45) is 0 Å². The average molecular weight is 346 g/mol. The lowest BCUT2D eigenvalue weighted by Crippen LogP contribution is -2.51. The van der Waals surface area contributed by atoms with Crippen molar-refractivity contribution in [2.45, 2.75) is 102 Å². The third-order valence-electron chi connectivity index (χ3n) is 6.09. The molecule has 0 heterocycles. The molecule has 140 valence electrons. The van der Waals surface area contributed by atoms with Crippen molar-refractivity contribution in [1.29, 1.82) is 0 Å². The van der Waals surface area contributed by atoms with E-state index in [0.717, 1.165) is 5.56 Å². The van der Waals surface area contributed by atoms with Gasteiger partial charge in [-0.25, -0.2) is 4.90 Å². The normalized spacial score (nSPS) is 23.3. The van der Waals surface area contributed by atoms with Crippen LogP contribution in [0.2, 0.25) is 0 Å². The zero-order chi connectivity index (χ0) is 17.5. The molecule has 0 radical (unpaired) electrons. The summed E-state index contributed by atoms with van der Waals surface area (Å²) in [5.41, 5.74) is 1.13. The molecule has 2 atom stereocenters. The lowest BCUT2D eigenvalue weighted by molar-refractivity contribution is -0.242. The van der Waals surface area contributed by atoms with Crippen LogP contribution >= 0.6 is 0 Å². The minimum Gasteiger partial charge on any atom is -0.356 e. The largest absolute Gasteiger partial charge is 0.356 e. The maximum Gasteiger partial charge on any atom is 0.217 e. The van der Waals surface area contributed by atoms with Gasteiger partial charge in [0.05, 0.1) is 6.10 Å². The third-order valence-corrected chi connectivity index (χ3v) is 6.09. The lowest BCUT2D eigenvalue weighted by atomic mass is 9.92. The number of aliphatic hydroxyl groups is 1. The standard InChI is InChI=1S/C22H35NO2/c1-18(19-12-6-4-7-13-19)25-22(24)23(21-16-10-5-11-17-21)20-14-8-2-3-9-15-20/h4,6-7,12-13,18,20-22,24H,2-3,5,8-11,14-17H2,1H3. The summed E-state index contributed by atoms with van der Waals surface area (Å²) in [5.74, 6) is 0. The second-order valence-corrected chi connectivity index (χ2v) is 7.90. The molecule has 2 aliphatic carbocycles. The minimum atomic E-state index is -0.790. The van der Waals surface area contributed by atoms with Gasteiger partial charge in [0.15, 0.2) is 0 Å². The first-order valence-corrected chi connectivity index (χ1v) is 10.4. The minimum absolute atomic E-state index is 0.0898. The van der Waals surface area contributed by atoms with E-state index < -0.39 is 6.41 Å². The van der Waals surface area contributed by atoms with Crippen molar-refractivity contribution < 1.29 is 9.84 Å². The Hall–Kier alpha value is -0.900. The zero-order valence-electron chi connectivity index (χ0n) is 15.8. The molecule has 3 rings (SSSR count). The van der Waals surface area contributed by atoms with Crippen molar-refractivity contribution in [2.75, 3.05) is 0 Å². The van der Waals surface area contributed by atoms with E-state index in [0.29, 0.717) is 12.1 Å². The molecule has 0 amide bonds. The molecule has 3 heteroatoms. The molecule has 2 aliphatic rings. The van der Waals surface area contributed by atoms with Gasteiger partial charge >= 0.3 is 0 Å². The fraction of sp³-hybridized carbons (Fsp3) is 0.727. The molecule has 0 aliphatic heterocycles. The van der Waals surface area contributed by atoms with Crippen LogP contribution in [0.1, 0.15) is 89.2 Å². The molecule has 2 unspecified atom stereocenters. The Balaban J connectivity index is 1.70. The van der Waals surface area contributed by atoms with E-state index in [1.54, 1.807) is 0 Å². The van der Waals surface area contributed by atoms with Gasteiger partial charge in [0.25, 0.3) is 0 Å². The number of hydrogen-bond donors (Lipinski definition) is 1. The van der Waals surface area contributed by atoms with E-state index in [1.807, 2.05) is 25.1 Å². The second kappa shape index (κ2) is 9.70. The summed E-state index contributed by atoms with van der Waals surface area (Å²) in [4.78, 5) is 2.35. The van der Waals surface area contributed by atoms with Crippen molar-refractivity contribution >= 4 is 0 Å². The van der Waals surface area contributed by atoms with Gasteiger partial charge in [-0.3, -0.25) is 0 Å². The Labute approximate surface area is 153 Å². The summed E-state index contributed by atoms with van der Waals surface area (Å²) in [6.45, 7) is 2.05. The summed E-state index contributed by atoms with van der Waals surface area (Å²) >= 11 is 0. The second-order valence-electron chi connectivity index (χ2n) is 7.90. The lowest BCUT2D eigenvalue weighted by Gasteiger charge is -2.42. The number of ether oxygens (including phenoxy) is 1. The summed E-state index contributed by atoms with van der Waals surface area (Å²) in [5, 5.41) is 11.0. The first kappa shape index (κ1) is 18.9. The Morgan fingerprint density at radius 2 is 1.32 bits per heavy atom. The fourth-order valence-corrected chi connectivity index (χ4v) is 4.65. The molecule has 1 aromatic carbocycles. The topological polar surface area (TPSA) is 32.7 Å². The Kier molecular flexibility index (Phi) is 7.33. The highest BCUT2D eigenvalue weighted by molar-refractivity contribution is 5.16. The van der Waals surface area contributed by atoms with Crippen LogP contribution in [0.3, 0.4) is 0 Å². The van der Waals surface area contributed by atoms with Gasteiger partial charge < -0.3 is 9.84 Å². The molecule has 0 saturated heterocycles. The Bertz CT molecular complexity index is 478. The van der Waals surface area contributed by atoms with Gasteiger partial charge in [0.2, 0.25) is 6.41 Å². The number of aliphatic hydroxyl groups excluding tert-OH is 1. The number of benzene rings is 1. The molecular formula is C22H35NO2. The highest BCUT2D eigenvalue weighted by atomic mass is 16.6. The SMILES string of the molecule is CC(OC(O)N(C1CCCCCC1)C1CCCCC1)c1ccccc1. The Morgan fingerprint density at radius 3 is 1.84 bits per heavy atom. The van der Waals surface area contributed by atoms with E-state index in [1.165, 1.54) is 70.6 Å². The molecular weight excluding hydrogens is 310 g/mol. The average Bonchev–Trinajstić information content (AvgIpc) is 2.93. The predicted molar refractivity (Wildman–Crippen MR) is 102 cm³/mol. The van der Waals surface area contributed by atoms with Gasteiger partial charge in [-0.2, -0.15) is 0 Å². The molecule has 1 N–H and O–H groups in total. The maximum absolute atomic E-state index is 11.0. The van der Waals surface area contributed by atoms with Gasteiger partial charge in [-0.1, -0.05) is 75.3 Å². The van der Waals surface area contributed by atoms with Crippen LogP contribution in [0.15, 0.2) is 30.3 Å². The monoisotopic (exact) mass is 345 g/mol. The van der Waals surface area contributed by atoms with Crippen LogP contribution in [0, 0.1) is 0 Å². The predicted octanol–water partition coefficient (Wildman–Crippen LogP) is 5.40. The maximum atomic E-state index is 11.0.